The van der Waals surface area contributed by atoms with Crippen molar-refractivity contribution in [1.82, 2.24) is 15.1 Å². The van der Waals surface area contributed by atoms with Crippen LogP contribution in [0.5, 0.6) is 0 Å². The van der Waals surface area contributed by atoms with Crippen molar-refractivity contribution in [2.45, 2.75) is 18.8 Å². The number of nitrogens with zero attached hydrogens (tertiary/aromatic N) is 2. The third kappa shape index (κ3) is 4.14. The number of hydrogen-bond donors (Lipinski definition) is 1. The molecule has 1 aromatic heterocycles. The molecular weight excluding hydrogens is 382 g/mol. The number of halogens is 4. The topological polar surface area (TPSA) is 29.9 Å². The minimum atomic E-state index is -4.45. The molecule has 0 saturated carbocycles. The molecule has 0 amide bonds. The molecule has 0 radical (unpaired) electrons. The number of benzene rings is 3. The van der Waals surface area contributed by atoms with Gasteiger partial charge in [0.1, 0.15) is 11.9 Å². The maximum Gasteiger partial charge on any atom is 0.407 e. The summed E-state index contributed by atoms with van der Waals surface area (Å²) in [6.07, 6.45) is -2.94. The smallest absolute Gasteiger partial charge is 0.298 e. The molecule has 29 heavy (non-hydrogen) atoms. The lowest BCUT2D eigenvalue weighted by molar-refractivity contribution is -0.158. The molecule has 1 heterocycles. The summed E-state index contributed by atoms with van der Waals surface area (Å²) in [4.78, 5) is 0. The lowest BCUT2D eigenvalue weighted by Gasteiger charge is -2.22. The zero-order chi connectivity index (χ0) is 20.4. The van der Waals surface area contributed by atoms with Crippen molar-refractivity contribution < 1.29 is 17.6 Å². The van der Waals surface area contributed by atoms with Crippen molar-refractivity contribution in [3.05, 3.63) is 95.9 Å². The molecule has 4 rings (SSSR count). The van der Waals surface area contributed by atoms with E-state index in [9.17, 15) is 17.6 Å². The Morgan fingerprint density at radius 1 is 0.931 bits per heavy atom. The fourth-order valence-corrected chi connectivity index (χ4v) is 3.26. The number of aromatic nitrogens is 2. The normalized spacial score (nSPS) is 13.0. The largest absolute Gasteiger partial charge is 0.407 e. The van der Waals surface area contributed by atoms with Crippen LogP contribution >= 0.6 is 0 Å². The molecule has 3 aromatic carbocycles. The van der Waals surface area contributed by atoms with Crippen molar-refractivity contribution in [3.63, 3.8) is 0 Å². The standard InChI is InChI=1S/C22H17F4N3/c23-18-7-9-19(10-8-18)29-20-11-6-16(12-17(20)14-28-29)21(22(24,25)26)27-13-15-4-2-1-3-5-15/h1-12,14,21,27H,13H2. The molecule has 7 heteroatoms. The minimum absolute atomic E-state index is 0.0951. The van der Waals surface area contributed by atoms with Crippen molar-refractivity contribution >= 4 is 10.9 Å². The van der Waals surface area contributed by atoms with Gasteiger partial charge in [0.2, 0.25) is 0 Å². The summed E-state index contributed by atoms with van der Waals surface area (Å²) < 4.78 is 55.8. The number of alkyl halides is 3. The molecule has 0 fully saturated rings. The quantitative estimate of drug-likeness (QED) is 0.446. The lowest BCUT2D eigenvalue weighted by atomic mass is 10.0. The van der Waals surface area contributed by atoms with E-state index in [1.54, 1.807) is 47.1 Å². The van der Waals surface area contributed by atoms with E-state index in [4.69, 9.17) is 0 Å². The van der Waals surface area contributed by atoms with Gasteiger partial charge in [-0.2, -0.15) is 18.3 Å². The number of hydrogen-bond acceptors (Lipinski definition) is 2. The molecule has 0 bridgehead atoms. The van der Waals surface area contributed by atoms with Gasteiger partial charge >= 0.3 is 6.18 Å². The van der Waals surface area contributed by atoms with Crippen molar-refractivity contribution in [2.75, 3.05) is 0 Å². The molecular formula is C22H17F4N3. The average Bonchev–Trinajstić information content (AvgIpc) is 3.12. The number of rotatable bonds is 5. The molecule has 148 valence electrons. The predicted octanol–water partition coefficient (Wildman–Crippen LogP) is 5.56. The Kier molecular flexibility index (Phi) is 5.07. The second kappa shape index (κ2) is 7.67. The molecule has 4 aromatic rings. The van der Waals surface area contributed by atoms with Crippen LogP contribution in [0.2, 0.25) is 0 Å². The first-order valence-electron chi connectivity index (χ1n) is 8.99. The monoisotopic (exact) mass is 399 g/mol. The highest BCUT2D eigenvalue weighted by atomic mass is 19.4. The van der Waals surface area contributed by atoms with Crippen LogP contribution in [0.1, 0.15) is 17.2 Å². The fraction of sp³-hybridized carbons (Fsp3) is 0.136. The minimum Gasteiger partial charge on any atom is -0.298 e. The Bertz CT molecular complexity index is 1100. The molecule has 0 aliphatic rings. The summed E-state index contributed by atoms with van der Waals surface area (Å²) in [5, 5.41) is 7.42. The summed E-state index contributed by atoms with van der Waals surface area (Å²) in [6, 6.07) is 17.4. The zero-order valence-electron chi connectivity index (χ0n) is 15.2. The molecule has 0 saturated heterocycles. The van der Waals surface area contributed by atoms with Gasteiger partial charge in [-0.1, -0.05) is 36.4 Å². The molecule has 1 unspecified atom stereocenters. The van der Waals surface area contributed by atoms with Gasteiger partial charge in [-0.05, 0) is 47.5 Å². The van der Waals surface area contributed by atoms with Crippen LogP contribution < -0.4 is 5.32 Å². The molecule has 3 nitrogen and oxygen atoms in total. The van der Waals surface area contributed by atoms with E-state index in [0.717, 1.165) is 5.56 Å². The highest BCUT2D eigenvalue weighted by molar-refractivity contribution is 5.81. The summed E-state index contributed by atoms with van der Waals surface area (Å²) in [6.45, 7) is 0.0951. The van der Waals surface area contributed by atoms with Gasteiger partial charge in [0, 0.05) is 11.9 Å². The van der Waals surface area contributed by atoms with Crippen LogP contribution in [0.3, 0.4) is 0 Å². The Morgan fingerprint density at radius 3 is 2.34 bits per heavy atom. The Labute approximate surface area is 164 Å². The van der Waals surface area contributed by atoms with Crippen LogP contribution in [0.15, 0.2) is 79.0 Å². The van der Waals surface area contributed by atoms with Crippen molar-refractivity contribution in [3.8, 4) is 5.69 Å². The van der Waals surface area contributed by atoms with E-state index in [-0.39, 0.29) is 17.9 Å². The van der Waals surface area contributed by atoms with E-state index >= 15 is 0 Å². The highest BCUT2D eigenvalue weighted by Gasteiger charge is 2.40. The van der Waals surface area contributed by atoms with Gasteiger partial charge < -0.3 is 0 Å². The lowest BCUT2D eigenvalue weighted by Crippen LogP contribution is -2.33. The van der Waals surface area contributed by atoms with Gasteiger partial charge in [0.05, 0.1) is 17.4 Å². The Morgan fingerprint density at radius 2 is 1.66 bits per heavy atom. The number of fused-ring (bicyclic) bond motifs is 1. The summed E-state index contributed by atoms with van der Waals surface area (Å²) in [5.74, 6) is -0.370. The van der Waals surface area contributed by atoms with Gasteiger partial charge in [-0.25, -0.2) is 9.07 Å². The predicted molar refractivity (Wildman–Crippen MR) is 103 cm³/mol. The first-order chi connectivity index (χ1) is 13.9. The fourth-order valence-electron chi connectivity index (χ4n) is 3.26. The molecule has 0 aliphatic carbocycles. The third-order valence-corrected chi connectivity index (χ3v) is 4.68. The molecule has 0 spiro atoms. The van der Waals surface area contributed by atoms with E-state index in [2.05, 4.69) is 10.4 Å². The maximum absolute atomic E-state index is 13.7. The van der Waals surface area contributed by atoms with Crippen LogP contribution in [0.4, 0.5) is 17.6 Å². The van der Waals surface area contributed by atoms with E-state index in [1.165, 1.54) is 30.5 Å². The average molecular weight is 399 g/mol. The zero-order valence-corrected chi connectivity index (χ0v) is 15.2. The van der Waals surface area contributed by atoms with Crippen LogP contribution in [0.25, 0.3) is 16.6 Å². The number of nitrogens with one attached hydrogen (secondary N) is 1. The summed E-state index contributed by atoms with van der Waals surface area (Å²) in [5.41, 5.74) is 2.15. The Balaban J connectivity index is 1.65. The second-order valence-corrected chi connectivity index (χ2v) is 6.69. The van der Waals surface area contributed by atoms with E-state index in [0.29, 0.717) is 16.6 Å². The van der Waals surface area contributed by atoms with Gasteiger partial charge in [-0.15, -0.1) is 0 Å². The molecule has 1 atom stereocenters. The highest BCUT2D eigenvalue weighted by Crippen LogP contribution is 2.34. The SMILES string of the molecule is Fc1ccc(-n2ncc3cc(C(NCc4ccccc4)C(F)(F)F)ccc32)cc1. The molecule has 1 N–H and O–H groups in total. The van der Waals surface area contributed by atoms with Gasteiger partial charge in [-0.3, -0.25) is 5.32 Å². The second-order valence-electron chi connectivity index (χ2n) is 6.69. The van der Waals surface area contributed by atoms with Gasteiger partial charge in [0.15, 0.2) is 0 Å². The van der Waals surface area contributed by atoms with Crippen LogP contribution in [0, 0.1) is 5.82 Å². The third-order valence-electron chi connectivity index (χ3n) is 4.68. The molecule has 0 aliphatic heterocycles. The summed E-state index contributed by atoms with van der Waals surface area (Å²) >= 11 is 0. The van der Waals surface area contributed by atoms with Crippen molar-refractivity contribution in [1.29, 1.82) is 0 Å². The van der Waals surface area contributed by atoms with E-state index < -0.39 is 12.2 Å². The maximum atomic E-state index is 13.7. The van der Waals surface area contributed by atoms with Crippen molar-refractivity contribution in [2.24, 2.45) is 0 Å². The first-order valence-corrected chi connectivity index (χ1v) is 8.99. The van der Waals surface area contributed by atoms with Gasteiger partial charge in [0.25, 0.3) is 0 Å². The Hall–Kier alpha value is -3.19. The van der Waals surface area contributed by atoms with Crippen LogP contribution in [-0.4, -0.2) is 16.0 Å². The summed E-state index contributed by atoms with van der Waals surface area (Å²) in [7, 11) is 0. The van der Waals surface area contributed by atoms with E-state index in [1.807, 2.05) is 6.07 Å². The van der Waals surface area contributed by atoms with Crippen LogP contribution in [-0.2, 0) is 6.54 Å². The first kappa shape index (κ1) is 19.1.